The molecule has 59 heavy (non-hydrogen) atoms. The van der Waals surface area contributed by atoms with Crippen molar-refractivity contribution < 1.29 is 0 Å². The highest BCUT2D eigenvalue weighted by atomic mass is 15.0. The fraction of sp³-hybridized carbons (Fsp3) is 0.414. The average Bonchev–Trinajstić information content (AvgIpc) is 3.48. The first kappa shape index (κ1) is 42.5. The van der Waals surface area contributed by atoms with Gasteiger partial charge in [0, 0.05) is 22.4 Å². The van der Waals surface area contributed by atoms with Gasteiger partial charge < -0.3 is 4.57 Å². The van der Waals surface area contributed by atoms with Crippen LogP contribution >= 0.6 is 0 Å². The second-order valence-corrected chi connectivity index (χ2v) is 22.2. The SMILES string of the molecule is CCC1=C(C=CCCC(C)(C)C)C(C)C(c2cc(-c3cc(-n4c5ccccc5c5cc(CC(C)(C)C)ccc54)cc(C(C)(C)C)c3)cc(C(C)(C)C)c2)c2ccccc21. The maximum Gasteiger partial charge on any atom is 0.0541 e. The molecule has 308 valence electrons. The summed E-state index contributed by atoms with van der Waals surface area (Å²) in [5.41, 5.74) is 18.2. The van der Waals surface area contributed by atoms with E-state index in [1.54, 1.807) is 0 Å². The van der Waals surface area contributed by atoms with E-state index in [0.29, 0.717) is 11.3 Å². The molecule has 7 rings (SSSR count). The van der Waals surface area contributed by atoms with Gasteiger partial charge in [0.05, 0.1) is 11.0 Å². The number of aromatic nitrogens is 1. The summed E-state index contributed by atoms with van der Waals surface area (Å²) < 4.78 is 2.52. The van der Waals surface area contributed by atoms with Gasteiger partial charge in [-0.3, -0.25) is 0 Å². The molecule has 0 saturated heterocycles. The van der Waals surface area contributed by atoms with E-state index in [-0.39, 0.29) is 22.2 Å². The van der Waals surface area contributed by atoms with E-state index in [0.717, 1.165) is 19.3 Å². The van der Waals surface area contributed by atoms with E-state index in [2.05, 4.69) is 217 Å². The van der Waals surface area contributed by atoms with Crippen LogP contribution in [0.4, 0.5) is 0 Å². The van der Waals surface area contributed by atoms with Crippen molar-refractivity contribution in [1.82, 2.24) is 4.57 Å². The van der Waals surface area contributed by atoms with E-state index >= 15 is 0 Å². The third-order valence-electron chi connectivity index (χ3n) is 12.7. The highest BCUT2D eigenvalue weighted by Crippen LogP contribution is 2.49. The molecular formula is C58H71N. The largest absolute Gasteiger partial charge is 0.309 e. The van der Waals surface area contributed by atoms with Crippen LogP contribution in [-0.2, 0) is 17.3 Å². The Labute approximate surface area is 357 Å². The fourth-order valence-electron chi connectivity index (χ4n) is 9.56. The summed E-state index contributed by atoms with van der Waals surface area (Å²) in [5.74, 6) is 0.584. The van der Waals surface area contributed by atoms with Gasteiger partial charge in [0.25, 0.3) is 0 Å². The molecule has 0 N–H and O–H groups in total. The van der Waals surface area contributed by atoms with Crippen LogP contribution in [0.25, 0.3) is 44.2 Å². The molecule has 0 spiro atoms. The topological polar surface area (TPSA) is 4.93 Å². The van der Waals surface area contributed by atoms with Gasteiger partial charge in [0.15, 0.2) is 0 Å². The number of para-hydroxylation sites is 1. The van der Waals surface area contributed by atoms with Gasteiger partial charge in [0.2, 0.25) is 0 Å². The second-order valence-electron chi connectivity index (χ2n) is 22.2. The number of allylic oxidation sites excluding steroid dienone is 4. The summed E-state index contributed by atoms with van der Waals surface area (Å²) in [6, 6.07) is 40.4. The Morgan fingerprint density at radius 3 is 1.90 bits per heavy atom. The van der Waals surface area contributed by atoms with Crippen molar-refractivity contribution in [1.29, 1.82) is 0 Å². The molecule has 1 heteroatoms. The molecule has 1 nitrogen and oxygen atoms in total. The summed E-state index contributed by atoms with van der Waals surface area (Å²) in [7, 11) is 0. The summed E-state index contributed by atoms with van der Waals surface area (Å²) in [6.45, 7) is 33.0. The highest BCUT2D eigenvalue weighted by molar-refractivity contribution is 6.09. The minimum Gasteiger partial charge on any atom is -0.309 e. The van der Waals surface area contributed by atoms with Gasteiger partial charge in [-0.15, -0.1) is 0 Å². The Balaban J connectivity index is 1.43. The van der Waals surface area contributed by atoms with Gasteiger partial charge in [-0.1, -0.05) is 182 Å². The Morgan fingerprint density at radius 1 is 0.610 bits per heavy atom. The zero-order chi connectivity index (χ0) is 42.7. The van der Waals surface area contributed by atoms with Gasteiger partial charge >= 0.3 is 0 Å². The first-order valence-corrected chi connectivity index (χ1v) is 22.5. The minimum absolute atomic E-state index is 0.0235. The van der Waals surface area contributed by atoms with E-state index in [4.69, 9.17) is 0 Å². The molecule has 0 bridgehead atoms. The summed E-state index contributed by atoms with van der Waals surface area (Å²) in [4.78, 5) is 0. The molecule has 1 heterocycles. The average molecular weight is 782 g/mol. The van der Waals surface area contributed by atoms with Crippen LogP contribution in [0.15, 0.2) is 121 Å². The van der Waals surface area contributed by atoms with Crippen LogP contribution in [0.1, 0.15) is 155 Å². The van der Waals surface area contributed by atoms with E-state index in [1.165, 1.54) is 89.6 Å². The Morgan fingerprint density at radius 2 is 1.24 bits per heavy atom. The van der Waals surface area contributed by atoms with Crippen LogP contribution in [0.5, 0.6) is 0 Å². The zero-order valence-electron chi connectivity index (χ0n) is 38.9. The van der Waals surface area contributed by atoms with Crippen molar-refractivity contribution in [2.24, 2.45) is 16.7 Å². The standard InChI is InChI=1S/C58H71N/c1-15-46-47(22-20-21-29-55(3,4)5)38(2)54(50-25-17-16-23-48(46)50)42-31-40(32-43(34-42)57(9,10)11)41-33-44(58(12,13)14)36-45(35-41)59-52-26-19-18-24-49(52)51-30-39(27-28-53(51)59)37-56(6,7)8/h16-20,22-28,30-36,38,54H,15,21,29,37H2,1-14H3. The minimum atomic E-state index is -0.0414. The first-order valence-electron chi connectivity index (χ1n) is 22.5. The summed E-state index contributed by atoms with van der Waals surface area (Å²) >= 11 is 0. The number of hydrogen-bond donors (Lipinski definition) is 0. The smallest absolute Gasteiger partial charge is 0.0541 e. The lowest BCUT2D eigenvalue weighted by molar-refractivity contribution is 0.381. The summed E-state index contributed by atoms with van der Waals surface area (Å²) in [5, 5.41) is 2.64. The van der Waals surface area contributed by atoms with Crippen LogP contribution in [0.3, 0.4) is 0 Å². The molecule has 0 radical (unpaired) electrons. The lowest BCUT2D eigenvalue weighted by Gasteiger charge is -2.36. The van der Waals surface area contributed by atoms with Crippen LogP contribution in [-0.4, -0.2) is 4.57 Å². The number of nitrogens with zero attached hydrogens (tertiary/aromatic N) is 1. The number of benzene rings is 5. The number of hydrogen-bond acceptors (Lipinski definition) is 0. The molecule has 6 aromatic rings. The van der Waals surface area contributed by atoms with E-state index in [9.17, 15) is 0 Å². The lowest BCUT2D eigenvalue weighted by Crippen LogP contribution is -2.21. The van der Waals surface area contributed by atoms with Crippen LogP contribution < -0.4 is 0 Å². The molecule has 0 amide bonds. The molecule has 0 aliphatic heterocycles. The van der Waals surface area contributed by atoms with Crippen LogP contribution in [0.2, 0.25) is 0 Å². The number of fused-ring (bicyclic) bond motifs is 4. The van der Waals surface area contributed by atoms with Gasteiger partial charge in [-0.25, -0.2) is 0 Å². The van der Waals surface area contributed by atoms with Gasteiger partial charge in [0.1, 0.15) is 0 Å². The predicted octanol–water partition coefficient (Wildman–Crippen LogP) is 17.0. The van der Waals surface area contributed by atoms with Crippen molar-refractivity contribution in [3.63, 3.8) is 0 Å². The second kappa shape index (κ2) is 15.8. The Hall–Kier alpha value is -4.62. The predicted molar refractivity (Wildman–Crippen MR) is 259 cm³/mol. The van der Waals surface area contributed by atoms with Crippen molar-refractivity contribution in [3.8, 4) is 16.8 Å². The van der Waals surface area contributed by atoms with Gasteiger partial charge in [-0.2, -0.15) is 0 Å². The molecule has 5 aromatic carbocycles. The molecule has 1 aliphatic rings. The third-order valence-corrected chi connectivity index (χ3v) is 12.7. The fourth-order valence-corrected chi connectivity index (χ4v) is 9.56. The maximum atomic E-state index is 2.54. The molecule has 1 aromatic heterocycles. The Kier molecular flexibility index (Phi) is 11.4. The maximum absolute atomic E-state index is 2.54. The van der Waals surface area contributed by atoms with E-state index in [1.807, 2.05) is 0 Å². The van der Waals surface area contributed by atoms with Crippen molar-refractivity contribution in [2.75, 3.05) is 0 Å². The molecule has 0 fully saturated rings. The third kappa shape index (κ3) is 8.96. The van der Waals surface area contributed by atoms with Crippen molar-refractivity contribution in [2.45, 2.75) is 139 Å². The monoisotopic (exact) mass is 782 g/mol. The highest BCUT2D eigenvalue weighted by Gasteiger charge is 2.33. The Bertz CT molecular complexity index is 2550. The van der Waals surface area contributed by atoms with Crippen molar-refractivity contribution >= 4 is 27.4 Å². The van der Waals surface area contributed by atoms with Crippen molar-refractivity contribution in [3.05, 3.63) is 154 Å². The molecule has 2 unspecified atom stereocenters. The lowest BCUT2D eigenvalue weighted by atomic mass is 9.68. The quantitative estimate of drug-likeness (QED) is 0.145. The molecule has 1 aliphatic carbocycles. The number of rotatable bonds is 8. The summed E-state index contributed by atoms with van der Waals surface area (Å²) in [6.07, 6.45) is 9.31. The zero-order valence-corrected chi connectivity index (χ0v) is 38.9. The first-order chi connectivity index (χ1) is 27.6. The molecular weight excluding hydrogens is 711 g/mol. The van der Waals surface area contributed by atoms with E-state index < -0.39 is 0 Å². The molecule has 2 atom stereocenters. The normalized spacial score (nSPS) is 16.8. The van der Waals surface area contributed by atoms with Gasteiger partial charge in [-0.05, 0) is 139 Å². The molecule has 0 saturated carbocycles. The van der Waals surface area contributed by atoms with Crippen LogP contribution in [0, 0.1) is 16.7 Å².